The average Bonchev–Trinajstić information content (AvgIpc) is 2.51. The lowest BCUT2D eigenvalue weighted by Crippen LogP contribution is -2.55. The fraction of sp³-hybridized carbons (Fsp3) is 0.667. The molecule has 1 saturated heterocycles. The molecule has 1 aliphatic heterocycles. The summed E-state index contributed by atoms with van der Waals surface area (Å²) < 4.78 is 1.75. The number of nitrogens with zero attached hydrogens (tertiary/aromatic N) is 3. The lowest BCUT2D eigenvalue weighted by Gasteiger charge is -2.37. The van der Waals surface area contributed by atoms with E-state index in [0.29, 0.717) is 23.3 Å². The maximum Gasteiger partial charge on any atom is 0.254 e. The fourth-order valence-electron chi connectivity index (χ4n) is 2.80. The Morgan fingerprint density at radius 3 is 2.44 bits per heavy atom. The van der Waals surface area contributed by atoms with Crippen molar-refractivity contribution in [2.24, 2.45) is 12.8 Å². The smallest absolute Gasteiger partial charge is 0.254 e. The molecule has 6 heteroatoms. The van der Waals surface area contributed by atoms with E-state index >= 15 is 0 Å². The number of hydrogen-bond donors (Lipinski definition) is 2. The summed E-state index contributed by atoms with van der Waals surface area (Å²) >= 11 is 0. The highest BCUT2D eigenvalue weighted by molar-refractivity contribution is 5.99. The van der Waals surface area contributed by atoms with E-state index in [4.69, 9.17) is 5.73 Å². The highest BCUT2D eigenvalue weighted by atomic mass is 16.1. The zero-order valence-electron chi connectivity index (χ0n) is 11.4. The van der Waals surface area contributed by atoms with Gasteiger partial charge in [0.2, 0.25) is 0 Å². The zero-order chi connectivity index (χ0) is 13.4. The van der Waals surface area contributed by atoms with Crippen molar-refractivity contribution in [2.45, 2.75) is 32.9 Å². The third-order valence-corrected chi connectivity index (χ3v) is 3.30. The SMILES string of the molecule is Cc1nn(C)c(N2CC(C)NC(C)C2)c1C(N)=O. The first-order chi connectivity index (χ1) is 8.40. The summed E-state index contributed by atoms with van der Waals surface area (Å²) in [5.41, 5.74) is 6.70. The van der Waals surface area contributed by atoms with Gasteiger partial charge in [0.25, 0.3) is 5.91 Å². The molecule has 2 heterocycles. The van der Waals surface area contributed by atoms with E-state index < -0.39 is 5.91 Å². The van der Waals surface area contributed by atoms with Crippen molar-refractivity contribution in [3.63, 3.8) is 0 Å². The van der Waals surface area contributed by atoms with Gasteiger partial charge in [0.1, 0.15) is 11.4 Å². The lowest BCUT2D eigenvalue weighted by molar-refractivity contribution is 0.1000. The third-order valence-electron chi connectivity index (χ3n) is 3.30. The minimum Gasteiger partial charge on any atom is -0.365 e. The van der Waals surface area contributed by atoms with Crippen LogP contribution in [0.25, 0.3) is 0 Å². The van der Waals surface area contributed by atoms with Crippen molar-refractivity contribution >= 4 is 11.7 Å². The molecule has 1 fully saturated rings. The normalized spacial score (nSPS) is 24.3. The van der Waals surface area contributed by atoms with Gasteiger partial charge in [-0.15, -0.1) is 0 Å². The number of amides is 1. The zero-order valence-corrected chi connectivity index (χ0v) is 11.4. The van der Waals surface area contributed by atoms with Crippen LogP contribution in [-0.4, -0.2) is 40.9 Å². The summed E-state index contributed by atoms with van der Waals surface area (Å²) in [5, 5.41) is 7.78. The molecule has 1 amide bonds. The number of nitrogens with two attached hydrogens (primary N) is 1. The van der Waals surface area contributed by atoms with Crippen molar-refractivity contribution in [3.8, 4) is 0 Å². The van der Waals surface area contributed by atoms with Crippen LogP contribution in [0.2, 0.25) is 0 Å². The molecule has 1 aromatic heterocycles. The minimum atomic E-state index is -0.408. The number of piperazine rings is 1. The lowest BCUT2D eigenvalue weighted by atomic mass is 10.1. The standard InChI is InChI=1S/C12H21N5O/c1-7-5-17(6-8(2)14-7)12-10(11(13)18)9(3)15-16(12)4/h7-8,14H,5-6H2,1-4H3,(H2,13,18). The van der Waals surface area contributed by atoms with Crippen LogP contribution in [0.5, 0.6) is 0 Å². The number of carbonyl (C=O) groups is 1. The topological polar surface area (TPSA) is 76.2 Å². The summed E-state index contributed by atoms with van der Waals surface area (Å²) in [6, 6.07) is 0.759. The number of primary amides is 1. The summed E-state index contributed by atoms with van der Waals surface area (Å²) in [7, 11) is 1.85. The molecular formula is C12H21N5O. The molecule has 0 aliphatic carbocycles. The van der Waals surface area contributed by atoms with Gasteiger partial charge >= 0.3 is 0 Å². The fourth-order valence-corrected chi connectivity index (χ4v) is 2.80. The van der Waals surface area contributed by atoms with Gasteiger partial charge in [0, 0.05) is 32.2 Å². The first kappa shape index (κ1) is 12.9. The van der Waals surface area contributed by atoms with Crippen LogP contribution in [0.15, 0.2) is 0 Å². The second-order valence-electron chi connectivity index (χ2n) is 5.15. The van der Waals surface area contributed by atoms with Crippen LogP contribution in [0.3, 0.4) is 0 Å². The third kappa shape index (κ3) is 2.20. The van der Waals surface area contributed by atoms with E-state index in [2.05, 4.69) is 29.2 Å². The number of aryl methyl sites for hydroxylation is 2. The molecule has 0 aromatic carbocycles. The molecule has 1 aliphatic rings. The Kier molecular flexibility index (Phi) is 3.30. The van der Waals surface area contributed by atoms with Gasteiger partial charge in [0.15, 0.2) is 0 Å². The summed E-state index contributed by atoms with van der Waals surface area (Å²) in [5.74, 6) is 0.426. The van der Waals surface area contributed by atoms with Crippen LogP contribution in [0.1, 0.15) is 29.9 Å². The first-order valence-corrected chi connectivity index (χ1v) is 6.24. The van der Waals surface area contributed by atoms with Crippen molar-refractivity contribution in [2.75, 3.05) is 18.0 Å². The van der Waals surface area contributed by atoms with Gasteiger partial charge in [-0.2, -0.15) is 5.10 Å². The number of anilines is 1. The largest absolute Gasteiger partial charge is 0.365 e. The van der Waals surface area contributed by atoms with Crippen LogP contribution in [0.4, 0.5) is 5.82 Å². The molecule has 0 spiro atoms. The van der Waals surface area contributed by atoms with Gasteiger partial charge in [0.05, 0.1) is 5.69 Å². The number of aromatic nitrogens is 2. The maximum absolute atomic E-state index is 11.6. The second kappa shape index (κ2) is 4.61. The Labute approximate surface area is 107 Å². The summed E-state index contributed by atoms with van der Waals surface area (Å²) in [4.78, 5) is 13.8. The summed E-state index contributed by atoms with van der Waals surface area (Å²) in [6.07, 6.45) is 0. The van der Waals surface area contributed by atoms with E-state index in [0.717, 1.165) is 18.9 Å². The molecule has 6 nitrogen and oxygen atoms in total. The van der Waals surface area contributed by atoms with Gasteiger partial charge in [-0.1, -0.05) is 0 Å². The van der Waals surface area contributed by atoms with E-state index in [1.54, 1.807) is 4.68 Å². The Morgan fingerprint density at radius 1 is 1.39 bits per heavy atom. The second-order valence-corrected chi connectivity index (χ2v) is 5.15. The average molecular weight is 251 g/mol. The Morgan fingerprint density at radius 2 is 1.94 bits per heavy atom. The van der Waals surface area contributed by atoms with Crippen molar-refractivity contribution in [3.05, 3.63) is 11.3 Å². The molecule has 0 bridgehead atoms. The molecule has 18 heavy (non-hydrogen) atoms. The monoisotopic (exact) mass is 251 g/mol. The Bertz CT molecular complexity index is 457. The number of nitrogens with one attached hydrogen (secondary N) is 1. The van der Waals surface area contributed by atoms with E-state index in [9.17, 15) is 4.79 Å². The highest BCUT2D eigenvalue weighted by Crippen LogP contribution is 2.24. The molecule has 1 aromatic rings. The van der Waals surface area contributed by atoms with Crippen molar-refractivity contribution in [1.29, 1.82) is 0 Å². The molecule has 3 N–H and O–H groups in total. The van der Waals surface area contributed by atoms with E-state index in [1.807, 2.05) is 14.0 Å². The molecule has 2 rings (SSSR count). The van der Waals surface area contributed by atoms with Crippen LogP contribution < -0.4 is 16.0 Å². The molecule has 2 atom stereocenters. The predicted molar refractivity (Wildman–Crippen MR) is 70.7 cm³/mol. The quantitative estimate of drug-likeness (QED) is 0.776. The van der Waals surface area contributed by atoms with Gasteiger partial charge in [-0.3, -0.25) is 9.48 Å². The van der Waals surface area contributed by atoms with E-state index in [-0.39, 0.29) is 0 Å². The van der Waals surface area contributed by atoms with Crippen molar-refractivity contribution in [1.82, 2.24) is 15.1 Å². The van der Waals surface area contributed by atoms with Gasteiger partial charge in [-0.25, -0.2) is 0 Å². The highest BCUT2D eigenvalue weighted by Gasteiger charge is 2.28. The van der Waals surface area contributed by atoms with Crippen LogP contribution in [0, 0.1) is 6.92 Å². The van der Waals surface area contributed by atoms with Crippen LogP contribution in [-0.2, 0) is 7.05 Å². The summed E-state index contributed by atoms with van der Waals surface area (Å²) in [6.45, 7) is 7.79. The number of hydrogen-bond acceptors (Lipinski definition) is 4. The molecule has 0 saturated carbocycles. The van der Waals surface area contributed by atoms with E-state index in [1.165, 1.54) is 0 Å². The van der Waals surface area contributed by atoms with Gasteiger partial charge < -0.3 is 16.0 Å². The van der Waals surface area contributed by atoms with Crippen LogP contribution >= 0.6 is 0 Å². The molecular weight excluding hydrogens is 230 g/mol. The van der Waals surface area contributed by atoms with Crippen molar-refractivity contribution < 1.29 is 4.79 Å². The first-order valence-electron chi connectivity index (χ1n) is 6.24. The molecule has 0 radical (unpaired) electrons. The Balaban J connectivity index is 2.41. The predicted octanol–water partition coefficient (Wildman–Crippen LogP) is 0.0140. The number of rotatable bonds is 2. The Hall–Kier alpha value is -1.56. The maximum atomic E-state index is 11.6. The number of carbonyl (C=O) groups excluding carboxylic acids is 1. The minimum absolute atomic E-state index is 0.379. The molecule has 2 unspecified atom stereocenters. The molecule has 100 valence electrons. The van der Waals surface area contributed by atoms with Gasteiger partial charge in [-0.05, 0) is 20.8 Å².